The lowest BCUT2D eigenvalue weighted by Crippen LogP contribution is -2.11. The zero-order valence-corrected chi connectivity index (χ0v) is 14.2. The third-order valence-corrected chi connectivity index (χ3v) is 4.47. The zero-order chi connectivity index (χ0) is 17.4. The predicted octanol–water partition coefficient (Wildman–Crippen LogP) is 5.96. The van der Waals surface area contributed by atoms with Gasteiger partial charge in [-0.2, -0.15) is 0 Å². The summed E-state index contributed by atoms with van der Waals surface area (Å²) in [7, 11) is 0. The van der Waals surface area contributed by atoms with Gasteiger partial charge >= 0.3 is 0 Å². The van der Waals surface area contributed by atoms with Gasteiger partial charge in [0.1, 0.15) is 11.2 Å². The van der Waals surface area contributed by atoms with Crippen LogP contribution in [0.3, 0.4) is 0 Å². The van der Waals surface area contributed by atoms with Crippen molar-refractivity contribution in [3.8, 4) is 0 Å². The molecule has 0 fully saturated rings. The van der Waals surface area contributed by atoms with Gasteiger partial charge in [-0.05, 0) is 47.9 Å². The number of hydrogen-bond donors (Lipinski definition) is 1. The third kappa shape index (κ3) is 2.89. The van der Waals surface area contributed by atoms with Crippen LogP contribution in [-0.2, 0) is 0 Å². The lowest BCUT2D eigenvalue weighted by Gasteiger charge is -2.08. The Labute approximate surface area is 146 Å². The second kappa shape index (κ2) is 6.10. The molecule has 0 aliphatic heterocycles. The Morgan fingerprint density at radius 2 is 1.60 bits per heavy atom. The Morgan fingerprint density at radius 3 is 2.36 bits per heavy atom. The van der Waals surface area contributed by atoms with E-state index in [9.17, 15) is 4.79 Å². The number of anilines is 1. The number of amides is 1. The van der Waals surface area contributed by atoms with Crippen LogP contribution in [0.4, 0.5) is 5.69 Å². The summed E-state index contributed by atoms with van der Waals surface area (Å²) in [5, 5.41) is 4.94. The minimum absolute atomic E-state index is 0.121. The molecule has 4 aromatic rings. The normalized spacial score (nSPS) is 11.3. The fourth-order valence-corrected chi connectivity index (χ4v) is 3.02. The summed E-state index contributed by atoms with van der Waals surface area (Å²) >= 11 is 0. The molecule has 1 aromatic heterocycles. The Bertz CT molecular complexity index is 1060. The second-order valence-electron chi connectivity index (χ2n) is 6.54. The molecule has 4 rings (SSSR count). The molecule has 0 saturated heterocycles. The molecule has 0 saturated carbocycles. The van der Waals surface area contributed by atoms with Gasteiger partial charge in [0.05, 0.1) is 0 Å². The average Bonchev–Trinajstić information content (AvgIpc) is 3.00. The molecule has 1 N–H and O–H groups in total. The van der Waals surface area contributed by atoms with Gasteiger partial charge < -0.3 is 9.73 Å². The van der Waals surface area contributed by atoms with Crippen LogP contribution in [0.25, 0.3) is 21.9 Å². The average molecular weight is 329 g/mol. The van der Waals surface area contributed by atoms with Crippen molar-refractivity contribution in [2.45, 2.75) is 19.8 Å². The molecule has 3 nitrogen and oxygen atoms in total. The van der Waals surface area contributed by atoms with E-state index in [1.165, 1.54) is 5.56 Å². The molecule has 25 heavy (non-hydrogen) atoms. The maximum Gasteiger partial charge on any atom is 0.255 e. The maximum atomic E-state index is 12.6. The van der Waals surface area contributed by atoms with E-state index in [1.54, 1.807) is 6.07 Å². The number of para-hydroxylation sites is 1. The van der Waals surface area contributed by atoms with E-state index >= 15 is 0 Å². The Kier molecular flexibility index (Phi) is 3.77. The van der Waals surface area contributed by atoms with Crippen LogP contribution >= 0.6 is 0 Å². The highest BCUT2D eigenvalue weighted by atomic mass is 16.3. The molecule has 0 aliphatic carbocycles. The van der Waals surface area contributed by atoms with Crippen molar-refractivity contribution >= 4 is 33.5 Å². The summed E-state index contributed by atoms with van der Waals surface area (Å²) in [5.74, 6) is 0.353. The summed E-state index contributed by atoms with van der Waals surface area (Å²) in [5.41, 5.74) is 4.29. The molecule has 1 heterocycles. The van der Waals surface area contributed by atoms with E-state index < -0.39 is 0 Å². The Morgan fingerprint density at radius 1 is 0.880 bits per heavy atom. The number of carbonyl (C=O) groups is 1. The second-order valence-corrected chi connectivity index (χ2v) is 6.54. The minimum Gasteiger partial charge on any atom is -0.456 e. The standard InChI is InChI=1S/C22H19NO2/c1-14(2)15-7-10-17(11-8-15)23-22(24)16-9-12-21-19(13-16)18-5-3-4-6-20(18)25-21/h3-14H,1-2H3,(H,23,24). The van der Waals surface area contributed by atoms with E-state index in [1.807, 2.05) is 60.7 Å². The minimum atomic E-state index is -0.121. The van der Waals surface area contributed by atoms with Crippen molar-refractivity contribution < 1.29 is 9.21 Å². The number of hydrogen-bond acceptors (Lipinski definition) is 2. The first-order chi connectivity index (χ1) is 12.1. The van der Waals surface area contributed by atoms with Crippen molar-refractivity contribution in [3.63, 3.8) is 0 Å². The largest absolute Gasteiger partial charge is 0.456 e. The smallest absolute Gasteiger partial charge is 0.255 e. The molecule has 0 radical (unpaired) electrons. The molecule has 0 spiro atoms. The van der Waals surface area contributed by atoms with Gasteiger partial charge in [0, 0.05) is 22.0 Å². The van der Waals surface area contributed by atoms with Crippen LogP contribution in [0.5, 0.6) is 0 Å². The van der Waals surface area contributed by atoms with E-state index in [2.05, 4.69) is 19.2 Å². The van der Waals surface area contributed by atoms with E-state index in [0.29, 0.717) is 11.5 Å². The number of carbonyl (C=O) groups excluding carboxylic acids is 1. The summed E-state index contributed by atoms with van der Waals surface area (Å²) in [6.07, 6.45) is 0. The molecule has 1 amide bonds. The van der Waals surface area contributed by atoms with Crippen LogP contribution in [0.15, 0.2) is 71.1 Å². The quantitative estimate of drug-likeness (QED) is 0.504. The maximum absolute atomic E-state index is 12.6. The fraction of sp³-hybridized carbons (Fsp3) is 0.136. The molecule has 0 unspecified atom stereocenters. The van der Waals surface area contributed by atoms with Gasteiger partial charge in [-0.25, -0.2) is 0 Å². The summed E-state index contributed by atoms with van der Waals surface area (Å²) < 4.78 is 5.81. The Balaban J connectivity index is 1.64. The lowest BCUT2D eigenvalue weighted by molar-refractivity contribution is 0.102. The highest BCUT2D eigenvalue weighted by Crippen LogP contribution is 2.29. The molecule has 3 heteroatoms. The first-order valence-electron chi connectivity index (χ1n) is 8.44. The predicted molar refractivity (Wildman–Crippen MR) is 102 cm³/mol. The van der Waals surface area contributed by atoms with Gasteiger partial charge in [0.2, 0.25) is 0 Å². The van der Waals surface area contributed by atoms with Crippen molar-refractivity contribution in [1.29, 1.82) is 0 Å². The van der Waals surface area contributed by atoms with Crippen molar-refractivity contribution in [2.24, 2.45) is 0 Å². The molecular weight excluding hydrogens is 310 g/mol. The summed E-state index contributed by atoms with van der Waals surface area (Å²) in [6, 6.07) is 21.4. The highest BCUT2D eigenvalue weighted by molar-refractivity contribution is 6.10. The van der Waals surface area contributed by atoms with Gasteiger partial charge in [0.25, 0.3) is 5.91 Å². The van der Waals surface area contributed by atoms with Crippen LogP contribution in [0.2, 0.25) is 0 Å². The van der Waals surface area contributed by atoms with Crippen LogP contribution in [0.1, 0.15) is 35.7 Å². The van der Waals surface area contributed by atoms with Crippen molar-refractivity contribution in [3.05, 3.63) is 77.9 Å². The molecule has 124 valence electrons. The molecule has 3 aromatic carbocycles. The van der Waals surface area contributed by atoms with E-state index in [-0.39, 0.29) is 5.91 Å². The number of furan rings is 1. The number of benzene rings is 3. The Hall–Kier alpha value is -3.07. The van der Waals surface area contributed by atoms with Crippen molar-refractivity contribution in [2.75, 3.05) is 5.32 Å². The number of fused-ring (bicyclic) bond motifs is 3. The highest BCUT2D eigenvalue weighted by Gasteiger charge is 2.11. The van der Waals surface area contributed by atoms with Crippen LogP contribution in [-0.4, -0.2) is 5.91 Å². The van der Waals surface area contributed by atoms with E-state index in [4.69, 9.17) is 4.42 Å². The van der Waals surface area contributed by atoms with Gasteiger partial charge in [-0.3, -0.25) is 4.79 Å². The summed E-state index contributed by atoms with van der Waals surface area (Å²) in [4.78, 5) is 12.6. The molecular formula is C22H19NO2. The first-order valence-corrected chi connectivity index (χ1v) is 8.44. The SMILES string of the molecule is CC(C)c1ccc(NC(=O)c2ccc3oc4ccccc4c3c2)cc1. The summed E-state index contributed by atoms with van der Waals surface area (Å²) in [6.45, 7) is 4.30. The number of rotatable bonds is 3. The van der Waals surface area contributed by atoms with Gasteiger partial charge in [-0.15, -0.1) is 0 Å². The zero-order valence-electron chi connectivity index (χ0n) is 14.2. The van der Waals surface area contributed by atoms with E-state index in [0.717, 1.165) is 27.6 Å². The van der Waals surface area contributed by atoms with Gasteiger partial charge in [-0.1, -0.05) is 44.2 Å². The molecule has 0 aliphatic rings. The number of nitrogens with one attached hydrogen (secondary N) is 1. The first kappa shape index (κ1) is 15.5. The van der Waals surface area contributed by atoms with Gasteiger partial charge in [0.15, 0.2) is 0 Å². The fourth-order valence-electron chi connectivity index (χ4n) is 3.02. The molecule has 0 bridgehead atoms. The third-order valence-electron chi connectivity index (χ3n) is 4.47. The monoisotopic (exact) mass is 329 g/mol. The molecule has 0 atom stereocenters. The van der Waals surface area contributed by atoms with Crippen LogP contribution in [0, 0.1) is 0 Å². The lowest BCUT2D eigenvalue weighted by atomic mass is 10.0. The van der Waals surface area contributed by atoms with Crippen molar-refractivity contribution in [1.82, 2.24) is 0 Å². The topological polar surface area (TPSA) is 42.2 Å². The van der Waals surface area contributed by atoms with Crippen LogP contribution < -0.4 is 5.32 Å².